The number of nitrogens with one attached hydrogen (secondary N) is 2. The van der Waals surface area contributed by atoms with Gasteiger partial charge in [0.25, 0.3) is 0 Å². The molecule has 20 heavy (non-hydrogen) atoms. The lowest BCUT2D eigenvalue weighted by Gasteiger charge is -2.16. The number of rotatable bonds is 5. The fourth-order valence-electron chi connectivity index (χ4n) is 1.37. The van der Waals surface area contributed by atoms with Crippen LogP contribution in [0.4, 0.5) is 13.2 Å². The second-order valence-corrected chi connectivity index (χ2v) is 6.35. The highest BCUT2D eigenvalue weighted by molar-refractivity contribution is 7.89. The Balaban J connectivity index is 3.18. The summed E-state index contributed by atoms with van der Waals surface area (Å²) in [5, 5.41) is 2.59. The van der Waals surface area contributed by atoms with Gasteiger partial charge in [-0.1, -0.05) is 11.6 Å². The van der Waals surface area contributed by atoms with Gasteiger partial charge in [-0.15, -0.1) is 0 Å². The highest BCUT2D eigenvalue weighted by Crippen LogP contribution is 2.35. The van der Waals surface area contributed by atoms with Crippen molar-refractivity contribution in [3.8, 4) is 0 Å². The van der Waals surface area contributed by atoms with Gasteiger partial charge in [0, 0.05) is 17.6 Å². The number of halogens is 4. The first-order valence-corrected chi connectivity index (χ1v) is 7.47. The van der Waals surface area contributed by atoms with Crippen LogP contribution < -0.4 is 10.0 Å². The van der Waals surface area contributed by atoms with Crippen LogP contribution in [0.1, 0.15) is 12.5 Å². The van der Waals surface area contributed by atoms with E-state index >= 15 is 0 Å². The van der Waals surface area contributed by atoms with Gasteiger partial charge in [0.1, 0.15) is 0 Å². The van der Waals surface area contributed by atoms with E-state index in [1.165, 1.54) is 0 Å². The molecule has 4 nitrogen and oxygen atoms in total. The number of alkyl halides is 3. The van der Waals surface area contributed by atoms with Crippen LogP contribution >= 0.6 is 11.6 Å². The van der Waals surface area contributed by atoms with E-state index in [0.717, 1.165) is 12.1 Å². The summed E-state index contributed by atoms with van der Waals surface area (Å²) in [6, 6.07) is 2.33. The average Bonchev–Trinajstić information content (AvgIpc) is 2.34. The Morgan fingerprint density at radius 1 is 1.35 bits per heavy atom. The van der Waals surface area contributed by atoms with Gasteiger partial charge in [-0.2, -0.15) is 13.2 Å². The Morgan fingerprint density at radius 2 is 1.95 bits per heavy atom. The predicted octanol–water partition coefficient (Wildman–Crippen LogP) is 2.25. The van der Waals surface area contributed by atoms with Crippen LogP contribution in [-0.2, 0) is 16.2 Å². The lowest BCUT2D eigenvalue weighted by Crippen LogP contribution is -2.37. The van der Waals surface area contributed by atoms with E-state index in [4.69, 9.17) is 11.6 Å². The van der Waals surface area contributed by atoms with Crippen molar-refractivity contribution >= 4 is 21.6 Å². The lowest BCUT2D eigenvalue weighted by molar-refractivity contribution is -0.139. The SMILES string of the molecule is CNC(C)CNS(=O)(=O)c1ccc(Cl)cc1C(F)(F)F. The Hall–Kier alpha value is -0.830. The summed E-state index contributed by atoms with van der Waals surface area (Å²) in [4.78, 5) is -0.835. The van der Waals surface area contributed by atoms with Gasteiger partial charge in [-0.25, -0.2) is 13.1 Å². The minimum atomic E-state index is -4.80. The number of likely N-dealkylation sites (N-methyl/N-ethyl adjacent to an activating group) is 1. The fourth-order valence-corrected chi connectivity index (χ4v) is 2.88. The fraction of sp³-hybridized carbons (Fsp3) is 0.455. The van der Waals surface area contributed by atoms with Crippen molar-refractivity contribution < 1.29 is 21.6 Å². The molecule has 0 aliphatic heterocycles. The monoisotopic (exact) mass is 330 g/mol. The topological polar surface area (TPSA) is 58.2 Å². The third-order valence-corrected chi connectivity index (χ3v) is 4.33. The first-order chi connectivity index (χ1) is 9.08. The minimum absolute atomic E-state index is 0.0290. The van der Waals surface area contributed by atoms with Gasteiger partial charge >= 0.3 is 6.18 Å². The van der Waals surface area contributed by atoms with E-state index < -0.39 is 26.7 Å². The minimum Gasteiger partial charge on any atom is -0.316 e. The molecule has 0 saturated carbocycles. The molecule has 0 aliphatic carbocycles. The molecule has 0 amide bonds. The van der Waals surface area contributed by atoms with E-state index in [1.54, 1.807) is 14.0 Å². The molecule has 0 bridgehead atoms. The Kier molecular flexibility index (Phi) is 5.42. The van der Waals surface area contributed by atoms with Crippen LogP contribution in [0, 0.1) is 0 Å². The summed E-state index contributed by atoms with van der Waals surface area (Å²) in [5.41, 5.74) is -1.28. The average molecular weight is 331 g/mol. The highest BCUT2D eigenvalue weighted by Gasteiger charge is 2.37. The first-order valence-electron chi connectivity index (χ1n) is 5.61. The number of benzene rings is 1. The van der Waals surface area contributed by atoms with Crippen LogP contribution in [0.2, 0.25) is 5.02 Å². The first kappa shape index (κ1) is 17.2. The third-order valence-electron chi connectivity index (χ3n) is 2.61. The molecule has 0 spiro atoms. The smallest absolute Gasteiger partial charge is 0.316 e. The molecule has 0 radical (unpaired) electrons. The predicted molar refractivity (Wildman–Crippen MR) is 70.2 cm³/mol. The zero-order valence-corrected chi connectivity index (χ0v) is 12.3. The summed E-state index contributed by atoms with van der Waals surface area (Å²) in [7, 11) is -2.65. The maximum absolute atomic E-state index is 12.9. The third kappa shape index (κ3) is 4.34. The second kappa shape index (κ2) is 6.30. The van der Waals surface area contributed by atoms with Crippen molar-refractivity contribution in [3.63, 3.8) is 0 Å². The molecule has 9 heteroatoms. The molecule has 0 aromatic heterocycles. The summed E-state index contributed by atoms with van der Waals surface area (Å²) < 4.78 is 64.6. The molecule has 1 aromatic rings. The molecule has 114 valence electrons. The van der Waals surface area contributed by atoms with Crippen LogP contribution in [0.5, 0.6) is 0 Å². The van der Waals surface area contributed by atoms with Crippen LogP contribution in [0.15, 0.2) is 23.1 Å². The van der Waals surface area contributed by atoms with Gasteiger partial charge in [0.05, 0.1) is 10.5 Å². The molecule has 0 saturated heterocycles. The molecule has 1 rings (SSSR count). The van der Waals surface area contributed by atoms with Gasteiger partial charge in [-0.05, 0) is 32.2 Å². The molecule has 0 heterocycles. The maximum Gasteiger partial charge on any atom is 0.417 e. The van der Waals surface area contributed by atoms with Gasteiger partial charge in [0.15, 0.2) is 0 Å². The molecule has 1 aromatic carbocycles. The van der Waals surface area contributed by atoms with E-state index in [2.05, 4.69) is 10.0 Å². The largest absolute Gasteiger partial charge is 0.417 e. The Labute approximate surface area is 120 Å². The van der Waals surface area contributed by atoms with Gasteiger partial charge in [0.2, 0.25) is 10.0 Å². The normalized spacial score (nSPS) is 14.3. The van der Waals surface area contributed by atoms with E-state index in [9.17, 15) is 21.6 Å². The van der Waals surface area contributed by atoms with Crippen molar-refractivity contribution in [1.82, 2.24) is 10.0 Å². The van der Waals surface area contributed by atoms with Crippen molar-refractivity contribution in [2.24, 2.45) is 0 Å². The van der Waals surface area contributed by atoms with E-state index in [0.29, 0.717) is 6.07 Å². The van der Waals surface area contributed by atoms with Crippen molar-refractivity contribution in [2.75, 3.05) is 13.6 Å². The molecular weight excluding hydrogens is 317 g/mol. The van der Waals surface area contributed by atoms with Crippen molar-refractivity contribution in [3.05, 3.63) is 28.8 Å². The summed E-state index contributed by atoms with van der Waals surface area (Å²) in [6.45, 7) is 1.66. The molecule has 1 atom stereocenters. The number of hydrogen-bond donors (Lipinski definition) is 2. The lowest BCUT2D eigenvalue weighted by atomic mass is 10.2. The summed E-state index contributed by atoms with van der Waals surface area (Å²) in [6.07, 6.45) is -4.80. The van der Waals surface area contributed by atoms with Gasteiger partial charge in [-0.3, -0.25) is 0 Å². The quantitative estimate of drug-likeness (QED) is 0.870. The molecule has 0 aliphatic rings. The van der Waals surface area contributed by atoms with Crippen molar-refractivity contribution in [2.45, 2.75) is 24.0 Å². The molecule has 0 fully saturated rings. The summed E-state index contributed by atoms with van der Waals surface area (Å²) >= 11 is 5.50. The molecule has 1 unspecified atom stereocenters. The van der Waals surface area contributed by atoms with Crippen LogP contribution in [-0.4, -0.2) is 28.1 Å². The maximum atomic E-state index is 12.9. The van der Waals surface area contributed by atoms with Crippen molar-refractivity contribution in [1.29, 1.82) is 0 Å². The molecule has 2 N–H and O–H groups in total. The zero-order valence-electron chi connectivity index (χ0n) is 10.8. The zero-order chi connectivity index (χ0) is 15.6. The number of hydrogen-bond acceptors (Lipinski definition) is 3. The second-order valence-electron chi connectivity index (χ2n) is 4.18. The van der Waals surface area contributed by atoms with Gasteiger partial charge < -0.3 is 5.32 Å². The van der Waals surface area contributed by atoms with E-state index in [1.807, 2.05) is 0 Å². The van der Waals surface area contributed by atoms with E-state index in [-0.39, 0.29) is 17.6 Å². The summed E-state index contributed by atoms with van der Waals surface area (Å²) in [5.74, 6) is 0. The molecular formula is C11H14ClF3N2O2S. The van der Waals surface area contributed by atoms with Crippen LogP contribution in [0.25, 0.3) is 0 Å². The Bertz CT molecular complexity index is 576. The highest BCUT2D eigenvalue weighted by atomic mass is 35.5. The van der Waals surface area contributed by atoms with Crippen LogP contribution in [0.3, 0.4) is 0 Å². The standard InChI is InChI=1S/C11H14ClF3N2O2S/c1-7(16-2)6-17-20(18,19)10-4-3-8(12)5-9(10)11(13,14)15/h3-5,7,16-17H,6H2,1-2H3. The Morgan fingerprint density at radius 3 is 2.45 bits per heavy atom. The number of sulfonamides is 1.